The molecule has 0 N–H and O–H groups in total. The van der Waals surface area contributed by atoms with Crippen LogP contribution in [-0.4, -0.2) is 91.0 Å². The van der Waals surface area contributed by atoms with Gasteiger partial charge in [0.15, 0.2) is 0 Å². The van der Waals surface area contributed by atoms with Crippen LogP contribution in [0.5, 0.6) is 69.0 Å². The van der Waals surface area contributed by atoms with Crippen molar-refractivity contribution in [2.24, 2.45) is 29.6 Å². The van der Waals surface area contributed by atoms with Crippen molar-refractivity contribution in [2.75, 3.05) is 72.7 Å². The molecular formula is C95H142O13. The summed E-state index contributed by atoms with van der Waals surface area (Å²) in [6, 6.07) is 47.8. The van der Waals surface area contributed by atoms with E-state index in [1.807, 2.05) is 146 Å². The normalized spacial score (nSPS) is 17.4. The fourth-order valence-corrected chi connectivity index (χ4v) is 13.7. The topological polar surface area (TPSA) is 120 Å². The third-order valence-corrected chi connectivity index (χ3v) is 20.8. The Balaban J connectivity index is 0.000000181. The maximum absolute atomic E-state index is 5.98. The van der Waals surface area contributed by atoms with Crippen molar-refractivity contribution in [3.63, 3.8) is 0 Å². The highest BCUT2D eigenvalue weighted by molar-refractivity contribution is 5.37. The highest BCUT2D eigenvalue weighted by Crippen LogP contribution is 2.33. The molecule has 1 aliphatic heterocycles. The van der Waals surface area contributed by atoms with Gasteiger partial charge in [-0.15, -0.1) is 0 Å². The Morgan fingerprint density at radius 1 is 0.259 bits per heavy atom. The summed E-state index contributed by atoms with van der Waals surface area (Å²) in [5.41, 5.74) is 0. The van der Waals surface area contributed by atoms with Crippen LogP contribution in [0.3, 0.4) is 0 Å². The first kappa shape index (κ1) is 88.1. The van der Waals surface area contributed by atoms with Gasteiger partial charge in [-0.1, -0.05) is 161 Å². The third kappa shape index (κ3) is 38.5. The van der Waals surface area contributed by atoms with Crippen molar-refractivity contribution in [1.29, 1.82) is 0 Å². The zero-order valence-corrected chi connectivity index (χ0v) is 68.2. The smallest absolute Gasteiger partial charge is 0.123 e. The van der Waals surface area contributed by atoms with Gasteiger partial charge in [0.2, 0.25) is 0 Å². The lowest BCUT2D eigenvalue weighted by Crippen LogP contribution is -2.25. The molecule has 6 aromatic rings. The van der Waals surface area contributed by atoms with Gasteiger partial charge in [-0.2, -0.15) is 0 Å². The van der Waals surface area contributed by atoms with Gasteiger partial charge < -0.3 is 61.6 Å². The van der Waals surface area contributed by atoms with Crippen molar-refractivity contribution in [3.05, 3.63) is 146 Å². The monoisotopic (exact) mass is 1490 g/mol. The summed E-state index contributed by atoms with van der Waals surface area (Å²) < 4.78 is 74.7. The Morgan fingerprint density at radius 2 is 0.481 bits per heavy atom. The molecule has 0 aromatic heterocycles. The second-order valence-electron chi connectivity index (χ2n) is 30.6. The average molecular weight is 1490 g/mol. The molecule has 6 aliphatic rings. The third-order valence-electron chi connectivity index (χ3n) is 20.8. The average Bonchev–Trinajstić information content (AvgIpc) is 1.37. The Labute approximate surface area is 654 Å². The molecule has 13 heteroatoms. The number of hydrogen-bond acceptors (Lipinski definition) is 13. The van der Waals surface area contributed by atoms with E-state index >= 15 is 0 Å². The van der Waals surface area contributed by atoms with Crippen LogP contribution in [0.1, 0.15) is 261 Å². The van der Waals surface area contributed by atoms with Gasteiger partial charge in [0.1, 0.15) is 75.6 Å². The molecule has 1 heterocycles. The largest absolute Gasteiger partial charge is 0.493 e. The van der Waals surface area contributed by atoms with E-state index in [-0.39, 0.29) is 18.3 Å². The molecule has 1 saturated heterocycles. The summed E-state index contributed by atoms with van der Waals surface area (Å²) in [7, 11) is 0. The predicted molar refractivity (Wildman–Crippen MR) is 443 cm³/mol. The Morgan fingerprint density at radius 3 is 0.731 bits per heavy atom. The molecule has 0 spiro atoms. The van der Waals surface area contributed by atoms with E-state index in [0.717, 1.165) is 210 Å². The van der Waals surface area contributed by atoms with E-state index in [9.17, 15) is 0 Å². The molecule has 6 aromatic carbocycles. The SMILES string of the molecule is CCCOc1cccc(OCC2CCC2)c1.CCCOc1cccc(OCC2CCCC2)c1.CCCOc1cccc(OCC2CCCCCCC2)c1.CCCOc1cccc(OCC2CCCCO2)c1.CC[C@H](C)Oc1cccc(OCC2CCCC2)c1.CC[C@H](C)Oc1cccc(OCC2CCCCC2)c1. The molecule has 0 amide bonds. The first-order chi connectivity index (χ1) is 53.1. The molecule has 108 heavy (non-hydrogen) atoms. The van der Waals surface area contributed by atoms with Gasteiger partial charge in [-0.3, -0.25) is 0 Å². The first-order valence-corrected chi connectivity index (χ1v) is 42.9. The first-order valence-electron chi connectivity index (χ1n) is 42.9. The van der Waals surface area contributed by atoms with Crippen molar-refractivity contribution in [2.45, 2.75) is 279 Å². The summed E-state index contributed by atoms with van der Waals surface area (Å²) in [5, 5.41) is 0. The number of hydrogen-bond donors (Lipinski definition) is 0. The lowest BCUT2D eigenvalue weighted by Gasteiger charge is -2.25. The maximum Gasteiger partial charge on any atom is 0.123 e. The standard InChI is InChI=1S/C18H28O2.C17H26O2.C16H24O2.C15H22O3.C15H22O2.C14H20O2/c1-2-13-19-17-11-8-12-18(14-17)20-15-16-9-6-4-3-5-7-10-16;1-3-14(2)19-17-11-7-10-16(12-17)18-13-15-8-5-4-6-9-15;1-3-13(2)18-16-10-6-9-15(11-16)17-12-14-7-4-5-8-14;1-2-9-16-13-7-5-8-14(11-13)18-12-15-6-3-4-10-17-15;1-2-10-16-14-8-5-9-15(11-14)17-12-13-6-3-4-7-13;1-2-9-15-13-7-4-8-14(10-13)16-11-12-5-3-6-12/h8,11-12,14,16H,2-7,9-10,13,15H2,1H3;7,10-12,14-15H,3-6,8-9,13H2,1-2H3;6,9-11,13-14H,3-5,7-8,12H2,1-2H3;5,7-8,11,15H,2-4,6,9-10,12H2,1H3;5,8-9,11,13H,2-4,6-7,10,12H2,1H3;4,7-8,10,12H,2-3,5-6,9,11H2,1H3/t;14-;13-;;;/m.00.../s1. The van der Waals surface area contributed by atoms with E-state index in [1.54, 1.807) is 0 Å². The maximum atomic E-state index is 5.98. The van der Waals surface area contributed by atoms with Gasteiger partial charge in [0, 0.05) is 43.0 Å². The Bertz CT molecular complexity index is 3170. The molecule has 3 atom stereocenters. The van der Waals surface area contributed by atoms with Gasteiger partial charge in [0.05, 0.1) is 77.8 Å². The quantitative estimate of drug-likeness (QED) is 0.0371. The summed E-state index contributed by atoms with van der Waals surface area (Å²) >= 11 is 0. The lowest BCUT2D eigenvalue weighted by molar-refractivity contribution is -0.0111. The summed E-state index contributed by atoms with van der Waals surface area (Å²) in [5.74, 6) is 14.7. The molecule has 0 radical (unpaired) electrons. The fraction of sp³-hybridized carbons (Fsp3) is 0.621. The minimum absolute atomic E-state index is 0.249. The van der Waals surface area contributed by atoms with Crippen LogP contribution < -0.4 is 56.8 Å². The molecule has 1 unspecified atom stereocenters. The molecule has 13 nitrogen and oxygen atoms in total. The Hall–Kier alpha value is -7.12. The van der Waals surface area contributed by atoms with Crippen LogP contribution in [0.4, 0.5) is 0 Å². The van der Waals surface area contributed by atoms with Crippen LogP contribution in [0.15, 0.2) is 146 Å². The van der Waals surface area contributed by atoms with Gasteiger partial charge in [-0.05, 0) is 238 Å². The van der Waals surface area contributed by atoms with E-state index in [0.29, 0.717) is 6.61 Å². The minimum atomic E-state index is 0.249. The molecule has 600 valence electrons. The van der Waals surface area contributed by atoms with E-state index in [1.165, 1.54) is 161 Å². The highest BCUT2D eigenvalue weighted by atomic mass is 16.5. The highest BCUT2D eigenvalue weighted by Gasteiger charge is 2.21. The fourth-order valence-electron chi connectivity index (χ4n) is 13.7. The second kappa shape index (κ2) is 55.3. The van der Waals surface area contributed by atoms with Crippen LogP contribution >= 0.6 is 0 Å². The summed E-state index contributed by atoms with van der Waals surface area (Å²) in [6.07, 6.45) is 41.6. The van der Waals surface area contributed by atoms with Crippen LogP contribution in [0.25, 0.3) is 0 Å². The predicted octanol–water partition coefficient (Wildman–Crippen LogP) is 25.6. The molecule has 6 fully saturated rings. The lowest BCUT2D eigenvalue weighted by atomic mass is 9.86. The summed E-state index contributed by atoms with van der Waals surface area (Å²) in [4.78, 5) is 0. The molecule has 5 saturated carbocycles. The number of benzene rings is 6. The second-order valence-corrected chi connectivity index (χ2v) is 30.6. The van der Waals surface area contributed by atoms with Crippen molar-refractivity contribution in [1.82, 2.24) is 0 Å². The van der Waals surface area contributed by atoms with Crippen LogP contribution in [0.2, 0.25) is 0 Å². The van der Waals surface area contributed by atoms with Crippen molar-refractivity contribution >= 4 is 0 Å². The number of rotatable bonds is 36. The van der Waals surface area contributed by atoms with Crippen LogP contribution in [0, 0.1) is 29.6 Å². The Kier molecular flexibility index (Phi) is 45.1. The molecule has 0 bridgehead atoms. The van der Waals surface area contributed by atoms with E-state index in [4.69, 9.17) is 61.6 Å². The summed E-state index contributed by atoms with van der Waals surface area (Å²) in [6.45, 7) is 25.7. The number of ether oxygens (including phenoxy) is 13. The van der Waals surface area contributed by atoms with Gasteiger partial charge in [-0.25, -0.2) is 0 Å². The molecule has 5 aliphatic carbocycles. The van der Waals surface area contributed by atoms with E-state index < -0.39 is 0 Å². The van der Waals surface area contributed by atoms with Crippen molar-refractivity contribution < 1.29 is 61.6 Å². The van der Waals surface area contributed by atoms with Crippen molar-refractivity contribution in [3.8, 4) is 69.0 Å². The molecular weight excluding hydrogens is 1350 g/mol. The molecule has 12 rings (SSSR count). The van der Waals surface area contributed by atoms with Gasteiger partial charge >= 0.3 is 0 Å². The zero-order valence-electron chi connectivity index (χ0n) is 68.2. The van der Waals surface area contributed by atoms with Crippen LogP contribution in [-0.2, 0) is 4.74 Å². The minimum Gasteiger partial charge on any atom is -0.493 e. The van der Waals surface area contributed by atoms with Gasteiger partial charge in [0.25, 0.3) is 0 Å². The van der Waals surface area contributed by atoms with E-state index in [2.05, 4.69) is 55.4 Å². The zero-order chi connectivity index (χ0) is 76.1.